The van der Waals surface area contributed by atoms with Gasteiger partial charge in [-0.05, 0) is 44.0 Å². The van der Waals surface area contributed by atoms with Crippen LogP contribution in [0.3, 0.4) is 0 Å². The third-order valence-corrected chi connectivity index (χ3v) is 4.87. The summed E-state index contributed by atoms with van der Waals surface area (Å²) >= 11 is 0. The van der Waals surface area contributed by atoms with E-state index in [1.807, 2.05) is 13.0 Å². The first-order chi connectivity index (χ1) is 14.8. The van der Waals surface area contributed by atoms with Gasteiger partial charge >= 0.3 is 6.29 Å². The number of carbonyl (C=O) groups excluding carboxylic acids is 1. The Morgan fingerprint density at radius 3 is 2.77 bits per heavy atom. The molecule has 10 heteroatoms. The number of carbonyl (C=O) groups is 1. The zero-order valence-electron chi connectivity index (χ0n) is 16.6. The molecule has 2 aliphatic rings. The lowest BCUT2D eigenvalue weighted by molar-refractivity contribution is -0.286. The molecule has 0 saturated heterocycles. The first-order valence-corrected chi connectivity index (χ1v) is 9.83. The molecular formula is C21H19F2N5O3. The van der Waals surface area contributed by atoms with Crippen molar-refractivity contribution >= 4 is 17.4 Å². The largest absolute Gasteiger partial charge is 0.586 e. The van der Waals surface area contributed by atoms with Crippen LogP contribution in [0.4, 0.5) is 20.3 Å². The van der Waals surface area contributed by atoms with Crippen molar-refractivity contribution in [3.8, 4) is 17.2 Å². The van der Waals surface area contributed by atoms with Crippen molar-refractivity contribution in [1.29, 1.82) is 0 Å². The molecular weight excluding hydrogens is 408 g/mol. The second-order valence-corrected chi connectivity index (χ2v) is 7.56. The van der Waals surface area contributed by atoms with Crippen molar-refractivity contribution < 1.29 is 23.0 Å². The molecule has 2 aromatic heterocycles. The van der Waals surface area contributed by atoms with Crippen LogP contribution in [-0.2, 0) is 11.2 Å². The summed E-state index contributed by atoms with van der Waals surface area (Å²) in [7, 11) is 0. The first kappa shape index (κ1) is 19.3. The van der Waals surface area contributed by atoms with Gasteiger partial charge in [-0.3, -0.25) is 9.78 Å². The Balaban J connectivity index is 1.42. The van der Waals surface area contributed by atoms with Gasteiger partial charge in [0.2, 0.25) is 5.91 Å². The van der Waals surface area contributed by atoms with Gasteiger partial charge in [-0.2, -0.15) is 0 Å². The number of aromatic nitrogens is 3. The van der Waals surface area contributed by atoms with E-state index in [1.165, 1.54) is 12.1 Å². The summed E-state index contributed by atoms with van der Waals surface area (Å²) in [6.45, 7) is 1.87. The van der Waals surface area contributed by atoms with Gasteiger partial charge in [0.15, 0.2) is 17.3 Å². The summed E-state index contributed by atoms with van der Waals surface area (Å²) in [6, 6.07) is 10.1. The number of nitrogens with zero attached hydrogens (tertiary/aromatic N) is 3. The number of benzene rings is 1. The van der Waals surface area contributed by atoms with Gasteiger partial charge in [0.25, 0.3) is 0 Å². The maximum Gasteiger partial charge on any atom is 0.586 e. The van der Waals surface area contributed by atoms with Gasteiger partial charge in [-0.1, -0.05) is 0 Å². The third-order valence-electron chi connectivity index (χ3n) is 4.87. The second-order valence-electron chi connectivity index (χ2n) is 7.56. The van der Waals surface area contributed by atoms with Gasteiger partial charge in [-0.15, -0.1) is 13.9 Å². The minimum absolute atomic E-state index is 0.0363. The van der Waals surface area contributed by atoms with Crippen LogP contribution in [-0.4, -0.2) is 33.0 Å². The van der Waals surface area contributed by atoms with E-state index in [1.54, 1.807) is 29.1 Å². The van der Waals surface area contributed by atoms with Gasteiger partial charge < -0.3 is 20.1 Å². The number of fused-ring (bicyclic) bond motifs is 1. The van der Waals surface area contributed by atoms with E-state index in [2.05, 4.69) is 30.2 Å². The van der Waals surface area contributed by atoms with E-state index >= 15 is 0 Å². The molecule has 1 fully saturated rings. The number of pyridine rings is 1. The SMILES string of the molecule is Cc1cc(-n2nc(Nc3ccc4c(c3)OC(F)(F)O4)cc2CC(=O)NC2CC2)ccn1. The highest BCUT2D eigenvalue weighted by Gasteiger charge is 2.43. The number of aryl methyl sites for hydroxylation is 1. The fourth-order valence-electron chi connectivity index (χ4n) is 3.34. The van der Waals surface area contributed by atoms with E-state index in [-0.39, 0.29) is 29.9 Å². The van der Waals surface area contributed by atoms with Crippen LogP contribution in [0.25, 0.3) is 5.69 Å². The molecule has 3 aromatic rings. The molecule has 0 bridgehead atoms. The summed E-state index contributed by atoms with van der Waals surface area (Å²) in [4.78, 5) is 16.6. The Bertz CT molecular complexity index is 1160. The fraction of sp³-hybridized carbons (Fsp3) is 0.286. The number of hydrogen-bond donors (Lipinski definition) is 2. The summed E-state index contributed by atoms with van der Waals surface area (Å²) in [6.07, 6.45) is 0.157. The predicted octanol–water partition coefficient (Wildman–Crippen LogP) is 3.46. The van der Waals surface area contributed by atoms with Crippen molar-refractivity contribution in [2.45, 2.75) is 38.5 Å². The van der Waals surface area contributed by atoms with Crippen LogP contribution in [0, 0.1) is 6.92 Å². The van der Waals surface area contributed by atoms with Crippen LogP contribution in [0.1, 0.15) is 24.2 Å². The van der Waals surface area contributed by atoms with E-state index < -0.39 is 6.29 Å². The lowest BCUT2D eigenvalue weighted by Crippen LogP contribution is -2.27. The number of alkyl halides is 2. The van der Waals surface area contributed by atoms with Crippen molar-refractivity contribution in [3.63, 3.8) is 0 Å². The number of hydrogen-bond acceptors (Lipinski definition) is 6. The molecule has 0 radical (unpaired) electrons. The molecule has 0 atom stereocenters. The lowest BCUT2D eigenvalue weighted by Gasteiger charge is -2.08. The van der Waals surface area contributed by atoms with Gasteiger partial charge in [0.05, 0.1) is 17.8 Å². The molecule has 2 N–H and O–H groups in total. The van der Waals surface area contributed by atoms with E-state index in [4.69, 9.17) is 0 Å². The van der Waals surface area contributed by atoms with Crippen LogP contribution in [0.15, 0.2) is 42.6 Å². The number of ether oxygens (including phenoxy) is 2. The first-order valence-electron chi connectivity index (χ1n) is 9.83. The van der Waals surface area contributed by atoms with Crippen molar-refractivity contribution in [2.24, 2.45) is 0 Å². The summed E-state index contributed by atoms with van der Waals surface area (Å²) in [5.41, 5.74) is 2.75. The minimum Gasteiger partial charge on any atom is -0.395 e. The quantitative estimate of drug-likeness (QED) is 0.626. The van der Waals surface area contributed by atoms with E-state index in [0.29, 0.717) is 17.2 Å². The van der Waals surface area contributed by atoms with Gasteiger partial charge in [0.1, 0.15) is 0 Å². The average molecular weight is 427 g/mol. The molecule has 31 heavy (non-hydrogen) atoms. The van der Waals surface area contributed by atoms with Gasteiger partial charge in [0, 0.05) is 35.8 Å². The normalized spacial score (nSPS) is 16.2. The topological polar surface area (TPSA) is 90.3 Å². The van der Waals surface area contributed by atoms with E-state index in [9.17, 15) is 13.6 Å². The third kappa shape index (κ3) is 4.27. The highest BCUT2D eigenvalue weighted by Crippen LogP contribution is 2.42. The molecule has 1 aliphatic heterocycles. The molecule has 1 amide bonds. The van der Waals surface area contributed by atoms with Crippen molar-refractivity contribution in [3.05, 3.63) is 54.0 Å². The molecule has 8 nitrogen and oxygen atoms in total. The Morgan fingerprint density at radius 2 is 2.00 bits per heavy atom. The van der Waals surface area contributed by atoms with Crippen LogP contribution in [0.5, 0.6) is 11.5 Å². The summed E-state index contributed by atoms with van der Waals surface area (Å²) in [5.74, 6) is 0.273. The number of amides is 1. The van der Waals surface area contributed by atoms with Crippen molar-refractivity contribution in [1.82, 2.24) is 20.1 Å². The summed E-state index contributed by atoms with van der Waals surface area (Å²) in [5, 5.41) is 10.6. The Kier molecular flexibility index (Phi) is 4.49. The molecule has 1 aliphatic carbocycles. The maximum absolute atomic E-state index is 13.3. The standard InChI is InChI=1S/C21H19F2N5O3/c1-12-8-15(6-7-24-12)28-16(11-20(29)26-13-2-3-13)10-19(27-28)25-14-4-5-17-18(9-14)31-21(22,23)30-17/h4-10,13H,2-3,11H2,1H3,(H,25,27)(H,26,29). The highest BCUT2D eigenvalue weighted by atomic mass is 19.3. The lowest BCUT2D eigenvalue weighted by atomic mass is 10.2. The highest BCUT2D eigenvalue weighted by molar-refractivity contribution is 5.79. The molecule has 1 saturated carbocycles. The molecule has 3 heterocycles. The zero-order chi connectivity index (χ0) is 21.6. The molecule has 0 unspecified atom stereocenters. The smallest absolute Gasteiger partial charge is 0.395 e. The molecule has 0 spiro atoms. The fourth-order valence-corrected chi connectivity index (χ4v) is 3.34. The second kappa shape index (κ2) is 7.22. The zero-order valence-corrected chi connectivity index (χ0v) is 16.6. The minimum atomic E-state index is -3.68. The predicted molar refractivity (Wildman–Crippen MR) is 107 cm³/mol. The average Bonchev–Trinajstić information content (AvgIpc) is 3.33. The molecule has 1 aromatic carbocycles. The molecule has 5 rings (SSSR count). The Morgan fingerprint density at radius 1 is 1.19 bits per heavy atom. The van der Waals surface area contributed by atoms with Crippen LogP contribution >= 0.6 is 0 Å². The summed E-state index contributed by atoms with van der Waals surface area (Å²) < 4.78 is 37.1. The number of nitrogens with one attached hydrogen (secondary N) is 2. The van der Waals surface area contributed by atoms with Crippen LogP contribution in [0.2, 0.25) is 0 Å². The Labute approximate surface area is 176 Å². The maximum atomic E-state index is 13.3. The Hall–Kier alpha value is -3.69. The van der Waals surface area contributed by atoms with Crippen molar-refractivity contribution in [2.75, 3.05) is 5.32 Å². The van der Waals surface area contributed by atoms with E-state index in [0.717, 1.165) is 24.2 Å². The van der Waals surface area contributed by atoms with Gasteiger partial charge in [-0.25, -0.2) is 4.68 Å². The monoisotopic (exact) mass is 427 g/mol. The number of rotatable bonds is 6. The number of halogens is 2. The van der Waals surface area contributed by atoms with Crippen LogP contribution < -0.4 is 20.1 Å². The molecule has 160 valence electrons. The number of anilines is 2.